The Morgan fingerprint density at radius 2 is 1.95 bits per heavy atom. The van der Waals surface area contributed by atoms with Crippen LogP contribution in [0.2, 0.25) is 0 Å². The summed E-state index contributed by atoms with van der Waals surface area (Å²) in [6.07, 6.45) is 6.98. The van der Waals surface area contributed by atoms with Crippen molar-refractivity contribution in [3.63, 3.8) is 0 Å². The lowest BCUT2D eigenvalue weighted by molar-refractivity contribution is -0.136. The summed E-state index contributed by atoms with van der Waals surface area (Å²) < 4.78 is 5.29. The summed E-state index contributed by atoms with van der Waals surface area (Å²) in [6, 6.07) is 0. The van der Waals surface area contributed by atoms with Crippen molar-refractivity contribution in [2.45, 2.75) is 38.5 Å². The van der Waals surface area contributed by atoms with E-state index < -0.39 is 0 Å². The van der Waals surface area contributed by atoms with Gasteiger partial charge in [-0.05, 0) is 44.7 Å². The third kappa shape index (κ3) is 4.33. The monoisotopic (exact) mass is 290 g/mol. The van der Waals surface area contributed by atoms with Gasteiger partial charge in [0.1, 0.15) is 0 Å². The van der Waals surface area contributed by atoms with Crippen LogP contribution in [0.15, 0.2) is 0 Å². The molecule has 0 radical (unpaired) electrons. The van der Waals surface area contributed by atoms with Gasteiger partial charge in [-0.1, -0.05) is 12.8 Å². The fraction of sp³-hybridized carbons (Fsp3) is 0.929. The Bertz CT molecular complexity index is 269. The number of methoxy groups -OCH3 is 1. The quantitative estimate of drug-likeness (QED) is 0.811. The largest absolute Gasteiger partial charge is 0.384 e. The Balaban J connectivity index is 0.00000180. The van der Waals surface area contributed by atoms with Crippen LogP contribution in [0.3, 0.4) is 0 Å². The van der Waals surface area contributed by atoms with Gasteiger partial charge in [0.2, 0.25) is 5.91 Å². The molecule has 0 aromatic rings. The highest BCUT2D eigenvalue weighted by Crippen LogP contribution is 2.30. The molecule has 0 bridgehead atoms. The van der Waals surface area contributed by atoms with Gasteiger partial charge in [0.25, 0.3) is 0 Å². The topological polar surface area (TPSA) is 50.4 Å². The lowest BCUT2D eigenvalue weighted by Gasteiger charge is -2.35. The van der Waals surface area contributed by atoms with E-state index in [9.17, 15) is 4.79 Å². The Morgan fingerprint density at radius 3 is 2.53 bits per heavy atom. The van der Waals surface area contributed by atoms with Gasteiger partial charge >= 0.3 is 0 Å². The van der Waals surface area contributed by atoms with Gasteiger partial charge in [-0.15, -0.1) is 12.4 Å². The van der Waals surface area contributed by atoms with Gasteiger partial charge < -0.3 is 15.4 Å². The molecule has 0 aromatic heterocycles. The highest BCUT2D eigenvalue weighted by atomic mass is 35.5. The Labute approximate surface area is 122 Å². The first-order valence-electron chi connectivity index (χ1n) is 7.25. The number of ether oxygens (including phenoxy) is 1. The third-order valence-corrected chi connectivity index (χ3v) is 4.49. The van der Waals surface area contributed by atoms with Crippen molar-refractivity contribution in [1.82, 2.24) is 10.6 Å². The summed E-state index contributed by atoms with van der Waals surface area (Å²) in [5.74, 6) is 0.910. The first-order valence-corrected chi connectivity index (χ1v) is 7.25. The van der Waals surface area contributed by atoms with Crippen molar-refractivity contribution in [1.29, 1.82) is 0 Å². The minimum Gasteiger partial charge on any atom is -0.384 e. The van der Waals surface area contributed by atoms with Crippen LogP contribution in [0.25, 0.3) is 0 Å². The van der Waals surface area contributed by atoms with E-state index in [1.165, 1.54) is 25.7 Å². The predicted molar refractivity (Wildman–Crippen MR) is 78.6 cm³/mol. The fourth-order valence-corrected chi connectivity index (χ4v) is 3.26. The molecule has 1 saturated carbocycles. The minimum absolute atomic E-state index is 0. The maximum atomic E-state index is 12.4. The molecular formula is C14H27ClN2O2. The zero-order valence-corrected chi connectivity index (χ0v) is 12.7. The van der Waals surface area contributed by atoms with Crippen LogP contribution in [-0.2, 0) is 9.53 Å². The summed E-state index contributed by atoms with van der Waals surface area (Å²) in [7, 11) is 1.69. The van der Waals surface area contributed by atoms with Crippen LogP contribution < -0.4 is 10.6 Å². The number of amides is 1. The molecular weight excluding hydrogens is 264 g/mol. The number of rotatable bonds is 5. The molecule has 5 heteroatoms. The van der Waals surface area contributed by atoms with Crippen LogP contribution in [0.4, 0.5) is 0 Å². The second kappa shape index (κ2) is 8.08. The maximum Gasteiger partial charge on any atom is 0.228 e. The summed E-state index contributed by atoms with van der Waals surface area (Å²) in [5.41, 5.74) is -0.293. The van der Waals surface area contributed by atoms with E-state index in [0.29, 0.717) is 12.5 Å². The van der Waals surface area contributed by atoms with Gasteiger partial charge in [0.15, 0.2) is 0 Å². The minimum atomic E-state index is -0.293. The number of piperidine rings is 1. The molecule has 2 aliphatic rings. The number of carbonyl (C=O) groups excluding carboxylic acids is 1. The summed E-state index contributed by atoms with van der Waals surface area (Å²) in [6.45, 7) is 3.24. The van der Waals surface area contributed by atoms with Crippen LogP contribution in [0, 0.1) is 11.3 Å². The highest BCUT2D eigenvalue weighted by Gasteiger charge is 2.39. The molecule has 0 unspecified atom stereocenters. The van der Waals surface area contributed by atoms with Gasteiger partial charge in [-0.3, -0.25) is 4.79 Å². The average molecular weight is 291 g/mol. The van der Waals surface area contributed by atoms with E-state index in [2.05, 4.69) is 10.6 Å². The van der Waals surface area contributed by atoms with E-state index in [1.54, 1.807) is 7.11 Å². The maximum absolute atomic E-state index is 12.4. The van der Waals surface area contributed by atoms with Crippen molar-refractivity contribution < 1.29 is 9.53 Å². The van der Waals surface area contributed by atoms with Crippen molar-refractivity contribution >= 4 is 18.3 Å². The predicted octanol–water partition coefficient (Wildman–Crippen LogP) is 1.73. The Hall–Kier alpha value is -0.320. The SMILES string of the molecule is COCC1(C(=O)NCC2CCCC2)CCNCC1.Cl. The molecule has 19 heavy (non-hydrogen) atoms. The van der Waals surface area contributed by atoms with E-state index in [4.69, 9.17) is 4.74 Å². The number of halogens is 1. The zero-order chi connectivity index (χ0) is 12.8. The van der Waals surface area contributed by atoms with Crippen LogP contribution in [-0.4, -0.2) is 39.3 Å². The van der Waals surface area contributed by atoms with Crippen LogP contribution in [0.1, 0.15) is 38.5 Å². The number of nitrogens with one attached hydrogen (secondary N) is 2. The Kier molecular flexibility index (Phi) is 7.11. The van der Waals surface area contributed by atoms with Gasteiger partial charge in [-0.25, -0.2) is 0 Å². The normalized spacial score (nSPS) is 22.8. The van der Waals surface area contributed by atoms with Crippen LogP contribution >= 0.6 is 12.4 Å². The second-order valence-electron chi connectivity index (χ2n) is 5.82. The molecule has 0 spiro atoms. The molecule has 4 nitrogen and oxygen atoms in total. The summed E-state index contributed by atoms with van der Waals surface area (Å²) in [4.78, 5) is 12.4. The van der Waals surface area contributed by atoms with Crippen LogP contribution in [0.5, 0.6) is 0 Å². The molecule has 1 aliphatic heterocycles. The number of hydrogen-bond acceptors (Lipinski definition) is 3. The van der Waals surface area contributed by atoms with Gasteiger partial charge in [0, 0.05) is 13.7 Å². The molecule has 2 rings (SSSR count). The lowest BCUT2D eigenvalue weighted by atomic mass is 9.78. The van der Waals surface area contributed by atoms with Crippen molar-refractivity contribution in [3.8, 4) is 0 Å². The van der Waals surface area contributed by atoms with E-state index in [-0.39, 0.29) is 23.7 Å². The summed E-state index contributed by atoms with van der Waals surface area (Å²) >= 11 is 0. The van der Waals surface area contributed by atoms with Crippen molar-refractivity contribution in [2.75, 3.05) is 33.4 Å². The average Bonchev–Trinajstić information content (AvgIpc) is 2.90. The molecule has 1 heterocycles. The molecule has 1 aliphatic carbocycles. The molecule has 1 saturated heterocycles. The molecule has 2 fully saturated rings. The van der Waals surface area contributed by atoms with Gasteiger partial charge in [0.05, 0.1) is 12.0 Å². The van der Waals surface area contributed by atoms with Crippen molar-refractivity contribution in [2.24, 2.45) is 11.3 Å². The van der Waals surface area contributed by atoms with E-state index in [0.717, 1.165) is 32.5 Å². The standard InChI is InChI=1S/C14H26N2O2.ClH/c1-18-11-14(6-8-15-9-7-14)13(17)16-10-12-4-2-3-5-12;/h12,15H,2-11H2,1H3,(H,16,17);1H. The summed E-state index contributed by atoms with van der Waals surface area (Å²) in [5, 5.41) is 6.49. The van der Waals surface area contributed by atoms with E-state index >= 15 is 0 Å². The lowest BCUT2D eigenvalue weighted by Crippen LogP contribution is -2.50. The molecule has 1 amide bonds. The number of hydrogen-bond donors (Lipinski definition) is 2. The number of carbonyl (C=O) groups is 1. The Morgan fingerprint density at radius 1 is 1.32 bits per heavy atom. The fourth-order valence-electron chi connectivity index (χ4n) is 3.26. The molecule has 112 valence electrons. The molecule has 2 N–H and O–H groups in total. The molecule has 0 atom stereocenters. The second-order valence-corrected chi connectivity index (χ2v) is 5.82. The highest BCUT2D eigenvalue weighted by molar-refractivity contribution is 5.85. The molecule has 0 aromatic carbocycles. The van der Waals surface area contributed by atoms with Crippen molar-refractivity contribution in [3.05, 3.63) is 0 Å². The first-order chi connectivity index (χ1) is 8.77. The zero-order valence-electron chi connectivity index (χ0n) is 11.9. The smallest absolute Gasteiger partial charge is 0.228 e. The van der Waals surface area contributed by atoms with Gasteiger partial charge in [-0.2, -0.15) is 0 Å². The van der Waals surface area contributed by atoms with E-state index in [1.807, 2.05) is 0 Å². The first kappa shape index (κ1) is 16.7. The third-order valence-electron chi connectivity index (χ3n) is 4.49.